The van der Waals surface area contributed by atoms with Crippen molar-refractivity contribution in [1.29, 1.82) is 0 Å². The monoisotopic (exact) mass is 204 g/mol. The lowest BCUT2D eigenvalue weighted by Gasteiger charge is -2.04. The second-order valence-corrected chi connectivity index (χ2v) is 3.12. The molecule has 0 aliphatic carbocycles. The van der Waals surface area contributed by atoms with E-state index in [0.29, 0.717) is 12.5 Å². The third-order valence-electron chi connectivity index (χ3n) is 2.17. The molecule has 2 N–H and O–H groups in total. The molecule has 0 amide bonds. The van der Waals surface area contributed by atoms with Crippen LogP contribution in [0, 0.1) is 0 Å². The Labute approximate surface area is 87.6 Å². The van der Waals surface area contributed by atoms with Crippen molar-refractivity contribution in [2.45, 2.75) is 6.42 Å². The van der Waals surface area contributed by atoms with Gasteiger partial charge in [0.25, 0.3) is 0 Å². The lowest BCUT2D eigenvalue weighted by Crippen LogP contribution is -2.04. The predicted octanol–water partition coefficient (Wildman–Crippen LogP) is 1.77. The summed E-state index contributed by atoms with van der Waals surface area (Å²) in [5.41, 5.74) is 2.10. The van der Waals surface area contributed by atoms with Crippen LogP contribution >= 0.6 is 0 Å². The maximum absolute atomic E-state index is 5.26. The van der Waals surface area contributed by atoms with Gasteiger partial charge in [-0.1, -0.05) is 18.2 Å². The van der Waals surface area contributed by atoms with Gasteiger partial charge in [0.1, 0.15) is 6.26 Å². The van der Waals surface area contributed by atoms with Gasteiger partial charge in [-0.05, 0) is 18.1 Å². The standard InChI is InChI=1S/C11H12N2O2/c12-15-7-5-9-3-1-2-4-10(9)11-13-6-8-14-11/h1-4,6,8H,5,7,12H2. The maximum Gasteiger partial charge on any atom is 0.226 e. The molecule has 0 saturated carbocycles. The van der Waals surface area contributed by atoms with Crippen molar-refractivity contribution in [3.8, 4) is 11.5 Å². The van der Waals surface area contributed by atoms with E-state index >= 15 is 0 Å². The van der Waals surface area contributed by atoms with Crippen LogP contribution in [0.3, 0.4) is 0 Å². The van der Waals surface area contributed by atoms with E-state index in [2.05, 4.69) is 9.82 Å². The van der Waals surface area contributed by atoms with Crippen molar-refractivity contribution >= 4 is 0 Å². The van der Waals surface area contributed by atoms with E-state index in [9.17, 15) is 0 Å². The molecular formula is C11H12N2O2. The number of nitrogens with zero attached hydrogens (tertiary/aromatic N) is 1. The molecule has 15 heavy (non-hydrogen) atoms. The number of hydrogen-bond donors (Lipinski definition) is 1. The van der Waals surface area contributed by atoms with Gasteiger partial charge in [-0.2, -0.15) is 0 Å². The van der Waals surface area contributed by atoms with E-state index in [1.165, 1.54) is 0 Å². The highest BCUT2D eigenvalue weighted by molar-refractivity contribution is 5.58. The molecule has 4 nitrogen and oxygen atoms in total. The first-order valence-corrected chi connectivity index (χ1v) is 4.71. The first-order chi connectivity index (χ1) is 7.42. The molecular weight excluding hydrogens is 192 g/mol. The van der Waals surface area contributed by atoms with Gasteiger partial charge in [-0.3, -0.25) is 0 Å². The molecule has 1 aromatic heterocycles. The van der Waals surface area contributed by atoms with Crippen LogP contribution in [0.1, 0.15) is 5.56 Å². The molecule has 78 valence electrons. The van der Waals surface area contributed by atoms with E-state index in [1.54, 1.807) is 12.5 Å². The summed E-state index contributed by atoms with van der Waals surface area (Å²) in [5.74, 6) is 5.63. The van der Waals surface area contributed by atoms with E-state index in [0.717, 1.165) is 17.5 Å². The number of hydrogen-bond acceptors (Lipinski definition) is 4. The van der Waals surface area contributed by atoms with Crippen LogP contribution < -0.4 is 5.90 Å². The minimum atomic E-state index is 0.484. The summed E-state index contributed by atoms with van der Waals surface area (Å²) >= 11 is 0. The van der Waals surface area contributed by atoms with Crippen LogP contribution in [-0.4, -0.2) is 11.6 Å². The molecule has 2 aromatic rings. The zero-order valence-corrected chi connectivity index (χ0v) is 8.22. The molecule has 1 aromatic carbocycles. The van der Waals surface area contributed by atoms with Crippen molar-refractivity contribution in [2.75, 3.05) is 6.61 Å². The molecule has 0 spiro atoms. The van der Waals surface area contributed by atoms with Crippen molar-refractivity contribution in [1.82, 2.24) is 4.98 Å². The summed E-state index contributed by atoms with van der Waals surface area (Å²) in [6.45, 7) is 0.484. The van der Waals surface area contributed by atoms with E-state index in [1.807, 2.05) is 24.3 Å². The first-order valence-electron chi connectivity index (χ1n) is 4.71. The maximum atomic E-state index is 5.26. The summed E-state index contributed by atoms with van der Waals surface area (Å²) in [6, 6.07) is 7.90. The van der Waals surface area contributed by atoms with Crippen LogP contribution in [0.2, 0.25) is 0 Å². The normalized spacial score (nSPS) is 10.5. The van der Waals surface area contributed by atoms with Crippen molar-refractivity contribution in [3.63, 3.8) is 0 Å². The Bertz CT molecular complexity index is 412. The molecule has 0 atom stereocenters. The Hall–Kier alpha value is -1.65. The number of aromatic nitrogens is 1. The second-order valence-electron chi connectivity index (χ2n) is 3.12. The minimum Gasteiger partial charge on any atom is -0.445 e. The number of oxazole rings is 1. The van der Waals surface area contributed by atoms with Crippen LogP contribution in [0.4, 0.5) is 0 Å². The quantitative estimate of drug-likeness (QED) is 0.771. The Balaban J connectivity index is 2.30. The molecule has 0 saturated heterocycles. The Morgan fingerprint density at radius 2 is 2.20 bits per heavy atom. The fourth-order valence-corrected chi connectivity index (χ4v) is 1.47. The van der Waals surface area contributed by atoms with Gasteiger partial charge in [0, 0.05) is 5.56 Å². The van der Waals surface area contributed by atoms with Gasteiger partial charge >= 0.3 is 0 Å². The molecule has 0 aliphatic rings. The van der Waals surface area contributed by atoms with Gasteiger partial charge in [0.05, 0.1) is 12.8 Å². The SMILES string of the molecule is NOCCc1ccccc1-c1ncco1. The Morgan fingerprint density at radius 3 is 2.93 bits per heavy atom. The smallest absolute Gasteiger partial charge is 0.226 e. The van der Waals surface area contributed by atoms with Gasteiger partial charge in [0.15, 0.2) is 0 Å². The average molecular weight is 204 g/mol. The summed E-state index contributed by atoms with van der Waals surface area (Å²) in [4.78, 5) is 8.68. The van der Waals surface area contributed by atoms with E-state index in [-0.39, 0.29) is 0 Å². The molecule has 1 heterocycles. The van der Waals surface area contributed by atoms with Gasteiger partial charge in [-0.15, -0.1) is 0 Å². The predicted molar refractivity (Wildman–Crippen MR) is 55.8 cm³/mol. The van der Waals surface area contributed by atoms with Gasteiger partial charge in [0.2, 0.25) is 5.89 Å². The molecule has 0 aliphatic heterocycles. The highest BCUT2D eigenvalue weighted by Crippen LogP contribution is 2.21. The topological polar surface area (TPSA) is 61.3 Å². The van der Waals surface area contributed by atoms with Crippen LogP contribution in [0.15, 0.2) is 41.1 Å². The molecule has 4 heteroatoms. The van der Waals surface area contributed by atoms with E-state index in [4.69, 9.17) is 10.3 Å². The molecule has 0 fully saturated rings. The summed E-state index contributed by atoms with van der Waals surface area (Å²) in [6.07, 6.45) is 3.94. The molecule has 0 unspecified atom stereocenters. The lowest BCUT2D eigenvalue weighted by atomic mass is 10.1. The minimum absolute atomic E-state index is 0.484. The fourth-order valence-electron chi connectivity index (χ4n) is 1.47. The van der Waals surface area contributed by atoms with Crippen LogP contribution in [-0.2, 0) is 11.3 Å². The van der Waals surface area contributed by atoms with E-state index < -0.39 is 0 Å². The highest BCUT2D eigenvalue weighted by Gasteiger charge is 2.07. The number of benzene rings is 1. The Kier molecular flexibility index (Phi) is 3.11. The third-order valence-corrected chi connectivity index (χ3v) is 2.17. The largest absolute Gasteiger partial charge is 0.445 e. The summed E-state index contributed by atoms with van der Waals surface area (Å²) in [7, 11) is 0. The summed E-state index contributed by atoms with van der Waals surface area (Å²) < 4.78 is 5.26. The average Bonchev–Trinajstić information content (AvgIpc) is 2.80. The second kappa shape index (κ2) is 4.72. The summed E-state index contributed by atoms with van der Waals surface area (Å²) in [5, 5.41) is 0. The van der Waals surface area contributed by atoms with Crippen LogP contribution in [0.5, 0.6) is 0 Å². The van der Waals surface area contributed by atoms with Gasteiger partial charge in [-0.25, -0.2) is 10.9 Å². The van der Waals surface area contributed by atoms with Gasteiger partial charge < -0.3 is 9.25 Å². The number of nitrogens with two attached hydrogens (primary N) is 1. The first kappa shape index (κ1) is 9.89. The zero-order valence-electron chi connectivity index (χ0n) is 8.22. The molecule has 0 bridgehead atoms. The Morgan fingerprint density at radius 1 is 1.33 bits per heavy atom. The number of rotatable bonds is 4. The molecule has 2 rings (SSSR count). The van der Waals surface area contributed by atoms with Crippen molar-refractivity contribution in [3.05, 3.63) is 42.3 Å². The zero-order chi connectivity index (χ0) is 10.5. The van der Waals surface area contributed by atoms with Crippen molar-refractivity contribution in [2.24, 2.45) is 5.90 Å². The highest BCUT2D eigenvalue weighted by atomic mass is 16.6. The fraction of sp³-hybridized carbons (Fsp3) is 0.182. The van der Waals surface area contributed by atoms with Crippen molar-refractivity contribution < 1.29 is 9.25 Å². The third kappa shape index (κ3) is 2.23. The lowest BCUT2D eigenvalue weighted by molar-refractivity contribution is 0.141. The van der Waals surface area contributed by atoms with Crippen LogP contribution in [0.25, 0.3) is 11.5 Å². The molecule has 0 radical (unpaired) electrons.